The van der Waals surface area contributed by atoms with Crippen molar-refractivity contribution in [3.63, 3.8) is 0 Å². The molecule has 2 atom stereocenters. The number of amides is 2. The normalized spacial score (nSPS) is 20.4. The quantitative estimate of drug-likeness (QED) is 0.632. The van der Waals surface area contributed by atoms with Crippen LogP contribution in [0.3, 0.4) is 0 Å². The Morgan fingerprint density at radius 2 is 2.15 bits per heavy atom. The number of nitrogens with zero attached hydrogens (tertiary/aromatic N) is 2. The highest BCUT2D eigenvalue weighted by atomic mass is 16.3. The van der Waals surface area contributed by atoms with Gasteiger partial charge in [0.05, 0.1) is 12.3 Å². The van der Waals surface area contributed by atoms with Gasteiger partial charge in [-0.15, -0.1) is 0 Å². The molecule has 7 nitrogen and oxygen atoms in total. The molecule has 0 radical (unpaired) electrons. The number of hydrogen-bond acceptors (Lipinski definition) is 4. The van der Waals surface area contributed by atoms with Crippen LogP contribution in [0.4, 0.5) is 4.79 Å². The number of H-pyrrole nitrogens is 1. The van der Waals surface area contributed by atoms with Crippen molar-refractivity contribution in [3.8, 4) is 0 Å². The molecular weight excluding hydrogens is 342 g/mol. The second-order valence-electron chi connectivity index (χ2n) is 7.58. The summed E-state index contributed by atoms with van der Waals surface area (Å²) in [6.07, 6.45) is 4.91. The van der Waals surface area contributed by atoms with E-state index >= 15 is 0 Å². The van der Waals surface area contributed by atoms with Gasteiger partial charge >= 0.3 is 6.03 Å². The lowest BCUT2D eigenvalue weighted by molar-refractivity contribution is 0.105. The average molecular weight is 369 g/mol. The molecule has 4 N–H and O–H groups in total. The zero-order chi connectivity index (χ0) is 18.6. The van der Waals surface area contributed by atoms with Crippen molar-refractivity contribution in [1.82, 2.24) is 25.7 Å². The van der Waals surface area contributed by atoms with E-state index < -0.39 is 6.10 Å². The Bertz CT molecular complexity index is 790. The zero-order valence-electron chi connectivity index (χ0n) is 15.4. The van der Waals surface area contributed by atoms with Gasteiger partial charge in [-0.05, 0) is 36.0 Å². The Kier molecular flexibility index (Phi) is 5.40. The van der Waals surface area contributed by atoms with Crippen molar-refractivity contribution in [2.45, 2.75) is 44.4 Å². The minimum Gasteiger partial charge on any atom is -0.390 e. The molecule has 0 fully saturated rings. The minimum absolute atomic E-state index is 0.105. The first-order valence-electron chi connectivity index (χ1n) is 9.70. The predicted molar refractivity (Wildman–Crippen MR) is 102 cm³/mol. The first kappa shape index (κ1) is 18.0. The molecule has 2 aromatic rings. The van der Waals surface area contributed by atoms with E-state index in [4.69, 9.17) is 0 Å². The number of carbonyl (C=O) groups is 1. The van der Waals surface area contributed by atoms with Crippen LogP contribution in [0.15, 0.2) is 30.5 Å². The van der Waals surface area contributed by atoms with Crippen molar-refractivity contribution < 1.29 is 9.90 Å². The number of aryl methyl sites for hydroxylation is 1. The third-order valence-electron chi connectivity index (χ3n) is 5.53. The predicted octanol–water partition coefficient (Wildman–Crippen LogP) is 0.985. The number of benzene rings is 1. The monoisotopic (exact) mass is 369 g/mol. The highest BCUT2D eigenvalue weighted by molar-refractivity contribution is 5.74. The summed E-state index contributed by atoms with van der Waals surface area (Å²) in [7, 11) is 0. The number of aliphatic hydroxyl groups excluding tert-OH is 1. The lowest BCUT2D eigenvalue weighted by Crippen LogP contribution is -2.48. The number of hydrogen-bond donors (Lipinski definition) is 4. The minimum atomic E-state index is -0.577. The highest BCUT2D eigenvalue weighted by Gasteiger charge is 2.22. The summed E-state index contributed by atoms with van der Waals surface area (Å²) in [5, 5.41) is 23.2. The van der Waals surface area contributed by atoms with Gasteiger partial charge in [-0.3, -0.25) is 10.00 Å². The molecule has 2 heterocycles. The largest absolute Gasteiger partial charge is 0.390 e. The van der Waals surface area contributed by atoms with Crippen molar-refractivity contribution >= 4 is 6.03 Å². The summed E-state index contributed by atoms with van der Waals surface area (Å²) >= 11 is 0. The molecule has 0 saturated heterocycles. The summed E-state index contributed by atoms with van der Waals surface area (Å²) in [4.78, 5) is 14.4. The van der Waals surface area contributed by atoms with Gasteiger partial charge in [0.2, 0.25) is 0 Å². The number of nitrogens with one attached hydrogen (secondary N) is 3. The van der Waals surface area contributed by atoms with Gasteiger partial charge < -0.3 is 15.7 Å². The molecule has 1 aromatic heterocycles. The van der Waals surface area contributed by atoms with E-state index in [2.05, 4.69) is 50.0 Å². The summed E-state index contributed by atoms with van der Waals surface area (Å²) < 4.78 is 0. The van der Waals surface area contributed by atoms with Crippen LogP contribution in [0, 0.1) is 0 Å². The molecule has 1 aromatic carbocycles. The fraction of sp³-hybridized carbons (Fsp3) is 0.500. The number of aromatic amines is 1. The van der Waals surface area contributed by atoms with Crippen LogP contribution in [-0.4, -0.2) is 58.0 Å². The third-order valence-corrected chi connectivity index (χ3v) is 5.53. The van der Waals surface area contributed by atoms with Gasteiger partial charge in [-0.2, -0.15) is 5.10 Å². The van der Waals surface area contributed by atoms with Gasteiger partial charge in [0.15, 0.2) is 0 Å². The van der Waals surface area contributed by atoms with E-state index in [1.807, 2.05) is 6.20 Å². The topological polar surface area (TPSA) is 93.3 Å². The molecule has 27 heavy (non-hydrogen) atoms. The number of fused-ring (bicyclic) bond motifs is 2. The van der Waals surface area contributed by atoms with Gasteiger partial charge in [0.1, 0.15) is 0 Å². The Morgan fingerprint density at radius 3 is 3.04 bits per heavy atom. The molecule has 2 amide bonds. The van der Waals surface area contributed by atoms with Crippen molar-refractivity contribution in [2.24, 2.45) is 0 Å². The average Bonchev–Trinajstić information content (AvgIpc) is 3.14. The lowest BCUT2D eigenvalue weighted by Gasteiger charge is -2.30. The van der Waals surface area contributed by atoms with Gasteiger partial charge in [-0.25, -0.2) is 4.79 Å². The van der Waals surface area contributed by atoms with E-state index in [1.54, 1.807) is 0 Å². The van der Waals surface area contributed by atoms with Gasteiger partial charge in [0, 0.05) is 44.3 Å². The maximum Gasteiger partial charge on any atom is 0.315 e. The summed E-state index contributed by atoms with van der Waals surface area (Å²) in [5.41, 5.74) is 5.08. The van der Waals surface area contributed by atoms with E-state index in [0.717, 1.165) is 44.5 Å². The van der Waals surface area contributed by atoms with Gasteiger partial charge in [-0.1, -0.05) is 24.3 Å². The Hall–Kier alpha value is -2.38. The molecule has 1 aliphatic heterocycles. The fourth-order valence-corrected chi connectivity index (χ4v) is 4.05. The number of β-amino-alcohol motifs (C(OH)–C–C–N with tert-alkyl or cyclic N) is 1. The second kappa shape index (κ2) is 8.10. The van der Waals surface area contributed by atoms with Crippen LogP contribution < -0.4 is 10.6 Å². The summed E-state index contributed by atoms with van der Waals surface area (Å²) in [6.45, 7) is 2.62. The van der Waals surface area contributed by atoms with Crippen LogP contribution >= 0.6 is 0 Å². The molecule has 2 unspecified atom stereocenters. The standard InChI is InChI=1S/C20H27N5O2/c26-18(13-25-8-7-14-3-1-2-4-16(14)12-25)11-21-20(27)23-17-6-5-15-10-22-24-19(15)9-17/h1-4,10,17-18,26H,5-9,11-13H2,(H,22,24)(H2,21,23,27). The van der Waals surface area contributed by atoms with E-state index in [1.165, 1.54) is 16.7 Å². The Labute approximate surface area is 159 Å². The Balaban J connectivity index is 1.18. The maximum absolute atomic E-state index is 12.1. The van der Waals surface area contributed by atoms with Crippen LogP contribution in [0.25, 0.3) is 0 Å². The van der Waals surface area contributed by atoms with Gasteiger partial charge in [0.25, 0.3) is 0 Å². The second-order valence-corrected chi connectivity index (χ2v) is 7.58. The van der Waals surface area contributed by atoms with Crippen molar-refractivity contribution in [2.75, 3.05) is 19.6 Å². The van der Waals surface area contributed by atoms with E-state index in [9.17, 15) is 9.90 Å². The first-order chi connectivity index (χ1) is 13.2. The van der Waals surface area contributed by atoms with Crippen LogP contribution in [0.1, 0.15) is 28.8 Å². The molecule has 7 heteroatoms. The van der Waals surface area contributed by atoms with Crippen molar-refractivity contribution in [3.05, 3.63) is 52.8 Å². The van der Waals surface area contributed by atoms with Crippen LogP contribution in [-0.2, 0) is 25.8 Å². The number of urea groups is 1. The molecule has 144 valence electrons. The Morgan fingerprint density at radius 1 is 1.30 bits per heavy atom. The molecule has 2 aliphatic rings. The summed E-state index contributed by atoms with van der Waals surface area (Å²) in [6, 6.07) is 8.34. The molecular formula is C20H27N5O2. The molecule has 1 aliphatic carbocycles. The highest BCUT2D eigenvalue weighted by Crippen LogP contribution is 2.19. The van der Waals surface area contributed by atoms with Crippen LogP contribution in [0.5, 0.6) is 0 Å². The van der Waals surface area contributed by atoms with E-state index in [-0.39, 0.29) is 18.6 Å². The number of rotatable bonds is 5. The number of aromatic nitrogens is 2. The maximum atomic E-state index is 12.1. The summed E-state index contributed by atoms with van der Waals surface area (Å²) in [5.74, 6) is 0. The van der Waals surface area contributed by atoms with Crippen molar-refractivity contribution in [1.29, 1.82) is 0 Å². The SMILES string of the molecule is O=C(NCC(O)CN1CCc2ccccc2C1)NC1CCc2cn[nH]c2C1. The number of aliphatic hydroxyl groups is 1. The fourth-order valence-electron chi connectivity index (χ4n) is 4.05. The molecule has 0 bridgehead atoms. The molecule has 0 spiro atoms. The van der Waals surface area contributed by atoms with Crippen LogP contribution in [0.2, 0.25) is 0 Å². The molecule has 4 rings (SSSR count). The third kappa shape index (κ3) is 4.48. The zero-order valence-corrected chi connectivity index (χ0v) is 15.4. The first-order valence-corrected chi connectivity index (χ1v) is 9.70. The smallest absolute Gasteiger partial charge is 0.315 e. The lowest BCUT2D eigenvalue weighted by atomic mass is 9.94. The number of carbonyl (C=O) groups excluding carboxylic acids is 1. The van der Waals surface area contributed by atoms with E-state index in [0.29, 0.717) is 6.54 Å². The molecule has 0 saturated carbocycles.